The van der Waals surface area contributed by atoms with Crippen molar-refractivity contribution in [3.8, 4) is 11.5 Å². The largest absolute Gasteiger partial charge is 0.490 e. The number of amides is 3. The third-order valence-corrected chi connectivity index (χ3v) is 11.0. The van der Waals surface area contributed by atoms with E-state index in [1.165, 1.54) is 0 Å². The molecule has 0 spiro atoms. The number of carbonyl (C=O) groups excluding carboxylic acids is 3. The van der Waals surface area contributed by atoms with Crippen molar-refractivity contribution in [2.24, 2.45) is 0 Å². The van der Waals surface area contributed by atoms with E-state index in [0.717, 1.165) is 52.7 Å². The van der Waals surface area contributed by atoms with E-state index in [1.54, 1.807) is 29.2 Å². The number of halogens is 1. The molecule has 0 bridgehead atoms. The highest BCUT2D eigenvalue weighted by Gasteiger charge is 2.42. The molecule has 3 amide bonds. The number of unbranched alkanes of at least 4 members (excludes halogenated alkanes) is 1. The molecule has 0 aliphatic carbocycles. The van der Waals surface area contributed by atoms with E-state index in [2.05, 4.69) is 15.6 Å². The number of thioether (sulfide) groups is 1. The van der Waals surface area contributed by atoms with Gasteiger partial charge in [-0.2, -0.15) is 11.8 Å². The predicted molar refractivity (Wildman–Crippen MR) is 189 cm³/mol. The van der Waals surface area contributed by atoms with E-state index >= 15 is 0 Å². The lowest BCUT2D eigenvalue weighted by atomic mass is 9.92. The number of rotatable bonds is 11. The van der Waals surface area contributed by atoms with E-state index in [4.69, 9.17) is 31.5 Å². The van der Waals surface area contributed by atoms with Crippen molar-refractivity contribution in [2.45, 2.75) is 55.5 Å². The molecule has 4 atom stereocenters. The third-order valence-electron chi connectivity index (χ3n) is 9.27. The molecule has 5 N–H and O–H groups in total. The van der Waals surface area contributed by atoms with Crippen molar-refractivity contribution in [2.75, 3.05) is 31.2 Å². The van der Waals surface area contributed by atoms with Crippen molar-refractivity contribution in [1.29, 1.82) is 0 Å². The first-order valence-electron chi connectivity index (χ1n) is 16.5. The van der Waals surface area contributed by atoms with Gasteiger partial charge in [0.15, 0.2) is 0 Å². The first-order chi connectivity index (χ1) is 23.8. The van der Waals surface area contributed by atoms with Crippen LogP contribution in [0.5, 0.6) is 11.5 Å². The van der Waals surface area contributed by atoms with Gasteiger partial charge in [0.1, 0.15) is 30.8 Å². The number of hydrogen-bond donors (Lipinski definition) is 4. The number of H-pyrrole nitrogens is 1. The number of fused-ring (bicyclic) bond motifs is 4. The quantitative estimate of drug-likeness (QED) is 0.0625. The van der Waals surface area contributed by atoms with Gasteiger partial charge in [-0.05, 0) is 85.0 Å². The number of carbonyl (C=O) groups is 3. The Morgan fingerprint density at radius 3 is 2.59 bits per heavy atom. The number of anilines is 1. The van der Waals surface area contributed by atoms with Crippen LogP contribution in [0.2, 0.25) is 5.02 Å². The second-order valence-corrected chi connectivity index (χ2v) is 14.2. The van der Waals surface area contributed by atoms with Gasteiger partial charge in [0.2, 0.25) is 0 Å². The summed E-state index contributed by atoms with van der Waals surface area (Å²) in [5.74, 6) is 1.72. The van der Waals surface area contributed by atoms with Gasteiger partial charge in [-0.3, -0.25) is 9.69 Å². The zero-order valence-corrected chi connectivity index (χ0v) is 28.4. The molecule has 3 aliphatic heterocycles. The third kappa shape index (κ3) is 7.40. The lowest BCUT2D eigenvalue weighted by molar-refractivity contribution is -0.144. The zero-order valence-electron chi connectivity index (χ0n) is 26.8. The van der Waals surface area contributed by atoms with E-state index < -0.39 is 12.1 Å². The number of nitrogens with two attached hydrogens (primary N) is 1. The maximum absolute atomic E-state index is 13.6. The summed E-state index contributed by atoms with van der Waals surface area (Å²) in [6.07, 6.45) is 3.13. The monoisotopic (exact) mass is 703 g/mol. The Balaban J connectivity index is 0.938. The fourth-order valence-electron chi connectivity index (χ4n) is 6.90. The maximum Gasteiger partial charge on any atom is 0.416 e. The van der Waals surface area contributed by atoms with E-state index in [9.17, 15) is 14.4 Å². The van der Waals surface area contributed by atoms with Gasteiger partial charge in [0.05, 0.1) is 12.1 Å². The van der Waals surface area contributed by atoms with E-state index in [-0.39, 0.29) is 37.3 Å². The van der Waals surface area contributed by atoms with Crippen LogP contribution in [0.1, 0.15) is 48.5 Å². The first kappa shape index (κ1) is 33.0. The molecule has 4 unspecified atom stereocenters. The number of nitrogens with one attached hydrogen (secondary N) is 3. The lowest BCUT2D eigenvalue weighted by Gasteiger charge is -2.35. The lowest BCUT2D eigenvalue weighted by Crippen LogP contribution is -2.42. The molecule has 11 nitrogen and oxygen atoms in total. The van der Waals surface area contributed by atoms with Crippen molar-refractivity contribution < 1.29 is 28.6 Å². The fraction of sp³-hybridized carbons (Fsp3) is 0.361. The average Bonchev–Trinajstić information content (AvgIpc) is 3.78. The summed E-state index contributed by atoms with van der Waals surface area (Å²) in [4.78, 5) is 42.7. The molecule has 2 fully saturated rings. The molecule has 0 saturated carbocycles. The molecular formula is C36H38ClN5O6S. The summed E-state index contributed by atoms with van der Waals surface area (Å²) in [7, 11) is 0. The molecule has 4 heterocycles. The molecule has 13 heteroatoms. The normalized spacial score (nSPS) is 21.1. The molecule has 1 aromatic heterocycles. The van der Waals surface area contributed by atoms with Crippen molar-refractivity contribution >= 4 is 58.0 Å². The standard InChI is InChI=1S/C36H38ClN5O6S/c37-22-7-12-25(13-8-22)48-36(45)42-16-15-26-27-19-23(38)9-14-28(27)39-32(26)34(42)21-5-10-24(11-6-21)46-17-18-47-31(43)4-2-1-3-30-33-29(20-49-30)40-35(44)41-33/h5-14,19,29-30,33-34,39H,1-4,15-18,20,38H2,(H2,40,41,44). The molecule has 7 rings (SSSR count). The van der Waals surface area contributed by atoms with Crippen LogP contribution < -0.4 is 25.8 Å². The summed E-state index contributed by atoms with van der Waals surface area (Å²) in [6.45, 7) is 0.816. The number of nitrogens with zero attached hydrogens (tertiary/aromatic N) is 1. The predicted octanol–water partition coefficient (Wildman–Crippen LogP) is 6.20. The Hall–Kier alpha value is -4.55. The summed E-state index contributed by atoms with van der Waals surface area (Å²) >= 11 is 7.90. The van der Waals surface area contributed by atoms with Crippen LogP contribution in [0.3, 0.4) is 0 Å². The highest BCUT2D eigenvalue weighted by molar-refractivity contribution is 8.00. The molecule has 2 saturated heterocycles. The number of nitrogen functional groups attached to an aromatic ring is 1. The average molecular weight is 704 g/mol. The number of hydrogen-bond acceptors (Lipinski definition) is 8. The first-order valence-corrected chi connectivity index (χ1v) is 18.0. The smallest absolute Gasteiger partial charge is 0.416 e. The van der Waals surface area contributed by atoms with Crippen LogP contribution in [-0.2, 0) is 16.0 Å². The van der Waals surface area contributed by atoms with Gasteiger partial charge >= 0.3 is 18.1 Å². The zero-order chi connectivity index (χ0) is 33.9. The number of aromatic amines is 1. The van der Waals surface area contributed by atoms with Gasteiger partial charge < -0.3 is 35.6 Å². The van der Waals surface area contributed by atoms with Gasteiger partial charge in [-0.15, -0.1) is 0 Å². The minimum atomic E-state index is -0.469. The van der Waals surface area contributed by atoms with Crippen LogP contribution in [0, 0.1) is 0 Å². The number of esters is 1. The Bertz CT molecular complexity index is 1830. The molecular weight excluding hydrogens is 666 g/mol. The topological polar surface area (TPSA) is 148 Å². The molecule has 3 aromatic carbocycles. The summed E-state index contributed by atoms with van der Waals surface area (Å²) in [5.41, 5.74) is 10.7. The van der Waals surface area contributed by atoms with Crippen LogP contribution in [-0.4, -0.2) is 70.8 Å². The van der Waals surface area contributed by atoms with Gasteiger partial charge in [0.25, 0.3) is 0 Å². The Labute approximate surface area is 293 Å². The molecule has 3 aliphatic rings. The summed E-state index contributed by atoms with van der Waals surface area (Å²) < 4.78 is 17.0. The van der Waals surface area contributed by atoms with E-state index in [1.807, 2.05) is 54.2 Å². The van der Waals surface area contributed by atoms with Crippen LogP contribution in [0.4, 0.5) is 15.3 Å². The number of aromatic nitrogens is 1. The van der Waals surface area contributed by atoms with Gasteiger partial charge in [-0.1, -0.05) is 30.2 Å². The Morgan fingerprint density at radius 1 is 0.980 bits per heavy atom. The number of benzene rings is 3. The van der Waals surface area contributed by atoms with E-state index in [0.29, 0.717) is 46.8 Å². The summed E-state index contributed by atoms with van der Waals surface area (Å²) in [6, 6.07) is 19.9. The van der Waals surface area contributed by atoms with Gasteiger partial charge in [-0.25, -0.2) is 9.59 Å². The molecule has 256 valence electrons. The fourth-order valence-corrected chi connectivity index (χ4v) is 8.57. The highest BCUT2D eigenvalue weighted by Crippen LogP contribution is 2.40. The van der Waals surface area contributed by atoms with Crippen molar-refractivity contribution in [1.82, 2.24) is 20.5 Å². The highest BCUT2D eigenvalue weighted by atomic mass is 35.5. The molecule has 0 radical (unpaired) electrons. The van der Waals surface area contributed by atoms with Crippen LogP contribution >= 0.6 is 23.4 Å². The number of ether oxygens (including phenoxy) is 3. The SMILES string of the molecule is Nc1ccc2[nH]c3c(c2c1)CCN(C(=O)Oc1ccc(Cl)cc1)C3c1ccc(OCCOC(=O)CCCCC2SCC3NC(=O)NC32)cc1. The minimum absolute atomic E-state index is 0.0824. The Kier molecular flexibility index (Phi) is 9.77. The van der Waals surface area contributed by atoms with Crippen LogP contribution in [0.15, 0.2) is 66.7 Å². The van der Waals surface area contributed by atoms with Gasteiger partial charge in [0, 0.05) is 51.3 Å². The Morgan fingerprint density at radius 2 is 1.78 bits per heavy atom. The molecule has 49 heavy (non-hydrogen) atoms. The second-order valence-electron chi connectivity index (χ2n) is 12.5. The minimum Gasteiger partial charge on any atom is -0.490 e. The summed E-state index contributed by atoms with van der Waals surface area (Å²) in [5, 5.41) is 7.94. The van der Waals surface area contributed by atoms with Crippen molar-refractivity contribution in [3.05, 3.63) is 88.6 Å². The van der Waals surface area contributed by atoms with Crippen LogP contribution in [0.25, 0.3) is 10.9 Å². The maximum atomic E-state index is 13.6. The number of urea groups is 1. The second kappa shape index (κ2) is 14.5. The van der Waals surface area contributed by atoms with Crippen molar-refractivity contribution in [3.63, 3.8) is 0 Å². The molecule has 4 aromatic rings.